The minimum absolute atomic E-state index is 0.133. The lowest BCUT2D eigenvalue weighted by Gasteiger charge is -2.34. The fraction of sp³-hybridized carbons (Fsp3) is 0.435. The maximum atomic E-state index is 12.5. The number of nitrogens with zero attached hydrogens (tertiary/aromatic N) is 5. The van der Waals surface area contributed by atoms with Gasteiger partial charge in [0.2, 0.25) is 5.43 Å². The maximum Gasteiger partial charge on any atom is 0.238 e. The van der Waals surface area contributed by atoms with Gasteiger partial charge in [0.05, 0.1) is 24.0 Å². The molecule has 5 rings (SSSR count). The van der Waals surface area contributed by atoms with E-state index in [4.69, 9.17) is 4.98 Å². The van der Waals surface area contributed by atoms with Crippen LogP contribution in [0.25, 0.3) is 16.7 Å². The largest absolute Gasteiger partial charge is 0.387 e. The van der Waals surface area contributed by atoms with Crippen LogP contribution in [0.2, 0.25) is 0 Å². The molecule has 3 aromatic heterocycles. The molecule has 8 heteroatoms. The maximum absolute atomic E-state index is 12.5. The van der Waals surface area contributed by atoms with Gasteiger partial charge in [0.25, 0.3) is 0 Å². The zero-order valence-corrected chi connectivity index (χ0v) is 17.7. The van der Waals surface area contributed by atoms with E-state index in [-0.39, 0.29) is 16.9 Å². The van der Waals surface area contributed by atoms with Crippen molar-refractivity contribution in [2.45, 2.75) is 57.0 Å². The molecular weight excluding hydrogens is 392 g/mol. The van der Waals surface area contributed by atoms with Crippen molar-refractivity contribution >= 4 is 22.4 Å². The predicted molar refractivity (Wildman–Crippen MR) is 120 cm³/mol. The molecule has 3 aromatic rings. The molecule has 2 aliphatic rings. The standard InChI is InChI=1S/C23H26N6O2/c1-15(24-2)20-21(30)18(27-31)13-28(26-20)14-23(10-3-4-11-23)29-19-9-5-7-16(19)17-8-6-12-25-22(17)29/h6,8,12-13,24H,1,3-5,7,9-11,14H2,2H3. The number of nitroso groups, excluding NO2 is 1. The molecule has 0 amide bonds. The van der Waals surface area contributed by atoms with Crippen molar-refractivity contribution in [2.75, 3.05) is 7.05 Å². The highest BCUT2D eigenvalue weighted by Gasteiger charge is 2.41. The second-order valence-corrected chi connectivity index (χ2v) is 8.63. The van der Waals surface area contributed by atoms with Crippen molar-refractivity contribution < 1.29 is 0 Å². The molecule has 0 radical (unpaired) electrons. The molecule has 2 aliphatic carbocycles. The Labute approximate surface area is 180 Å². The van der Waals surface area contributed by atoms with Crippen LogP contribution >= 0.6 is 0 Å². The molecule has 3 heterocycles. The fourth-order valence-corrected chi connectivity index (χ4v) is 5.49. The molecule has 1 saturated carbocycles. The third kappa shape index (κ3) is 3.00. The highest BCUT2D eigenvalue weighted by molar-refractivity contribution is 5.83. The highest BCUT2D eigenvalue weighted by atomic mass is 16.3. The molecule has 0 unspecified atom stereocenters. The lowest BCUT2D eigenvalue weighted by atomic mass is 9.96. The number of nitrogens with one attached hydrogen (secondary N) is 1. The fourth-order valence-electron chi connectivity index (χ4n) is 5.49. The zero-order valence-electron chi connectivity index (χ0n) is 17.7. The lowest BCUT2D eigenvalue weighted by molar-refractivity contribution is 0.237. The number of hydrogen-bond acceptors (Lipinski definition) is 6. The van der Waals surface area contributed by atoms with Crippen molar-refractivity contribution in [3.63, 3.8) is 0 Å². The number of aryl methyl sites for hydroxylation is 1. The Bertz CT molecular complexity index is 1250. The third-order valence-corrected chi connectivity index (χ3v) is 6.88. The first kappa shape index (κ1) is 19.7. The molecule has 0 aromatic carbocycles. The van der Waals surface area contributed by atoms with Crippen molar-refractivity contribution in [3.05, 3.63) is 63.2 Å². The Morgan fingerprint density at radius 1 is 1.29 bits per heavy atom. The van der Waals surface area contributed by atoms with E-state index in [1.165, 1.54) is 22.8 Å². The smallest absolute Gasteiger partial charge is 0.238 e. The summed E-state index contributed by atoms with van der Waals surface area (Å²) in [6, 6.07) is 4.18. The van der Waals surface area contributed by atoms with Crippen LogP contribution in [-0.2, 0) is 24.9 Å². The van der Waals surface area contributed by atoms with E-state index in [0.717, 1.165) is 50.6 Å². The molecule has 1 fully saturated rings. The molecule has 0 spiro atoms. The minimum Gasteiger partial charge on any atom is -0.387 e. The summed E-state index contributed by atoms with van der Waals surface area (Å²) in [7, 11) is 1.67. The molecule has 0 atom stereocenters. The molecule has 31 heavy (non-hydrogen) atoms. The lowest BCUT2D eigenvalue weighted by Crippen LogP contribution is -2.38. The van der Waals surface area contributed by atoms with Crippen LogP contribution in [0.5, 0.6) is 0 Å². The number of hydrogen-bond donors (Lipinski definition) is 1. The Hall–Kier alpha value is -3.29. The summed E-state index contributed by atoms with van der Waals surface area (Å²) in [6.07, 6.45) is 10.9. The number of fused-ring (bicyclic) bond motifs is 3. The molecule has 0 aliphatic heterocycles. The quantitative estimate of drug-likeness (QED) is 0.617. The van der Waals surface area contributed by atoms with Crippen molar-refractivity contribution in [1.82, 2.24) is 24.6 Å². The molecule has 1 N–H and O–H groups in total. The predicted octanol–water partition coefficient (Wildman–Crippen LogP) is 3.64. The van der Waals surface area contributed by atoms with Crippen molar-refractivity contribution in [1.29, 1.82) is 0 Å². The second-order valence-electron chi connectivity index (χ2n) is 8.63. The van der Waals surface area contributed by atoms with Crippen LogP contribution < -0.4 is 10.7 Å². The Morgan fingerprint density at radius 2 is 2.10 bits per heavy atom. The third-order valence-electron chi connectivity index (χ3n) is 6.88. The Balaban J connectivity index is 1.68. The summed E-state index contributed by atoms with van der Waals surface area (Å²) in [5.41, 5.74) is 3.49. The molecule has 0 saturated heterocycles. The van der Waals surface area contributed by atoms with Gasteiger partial charge in [-0.15, -0.1) is 4.91 Å². The van der Waals surface area contributed by atoms with E-state index >= 15 is 0 Å². The van der Waals surface area contributed by atoms with Gasteiger partial charge in [0.15, 0.2) is 11.4 Å². The van der Waals surface area contributed by atoms with Gasteiger partial charge in [-0.2, -0.15) is 5.10 Å². The SMILES string of the molecule is C=C(NC)c1nn(CC2(n3c4c(c5cccnc53)CCC4)CCCC2)cc(N=O)c1=O. The van der Waals surface area contributed by atoms with E-state index in [9.17, 15) is 9.70 Å². The van der Waals surface area contributed by atoms with E-state index in [1.54, 1.807) is 11.7 Å². The summed E-state index contributed by atoms with van der Waals surface area (Å²) in [5, 5.41) is 11.6. The van der Waals surface area contributed by atoms with E-state index in [0.29, 0.717) is 12.2 Å². The van der Waals surface area contributed by atoms with Crippen molar-refractivity contribution in [2.24, 2.45) is 5.18 Å². The van der Waals surface area contributed by atoms with Crippen molar-refractivity contribution in [3.8, 4) is 0 Å². The molecule has 160 valence electrons. The number of rotatable bonds is 6. The van der Waals surface area contributed by atoms with Gasteiger partial charge in [-0.05, 0) is 55.0 Å². The Kier molecular flexibility index (Phi) is 4.72. The van der Waals surface area contributed by atoms with Gasteiger partial charge < -0.3 is 9.88 Å². The molecular formula is C23H26N6O2. The first-order valence-corrected chi connectivity index (χ1v) is 10.9. The van der Waals surface area contributed by atoms with Gasteiger partial charge in [-0.1, -0.05) is 19.4 Å². The average molecular weight is 419 g/mol. The first-order chi connectivity index (χ1) is 15.1. The van der Waals surface area contributed by atoms with E-state index < -0.39 is 5.43 Å². The van der Waals surface area contributed by atoms with Gasteiger partial charge in [-0.25, -0.2) is 4.98 Å². The number of pyridine rings is 1. The zero-order chi connectivity index (χ0) is 21.6. The minimum atomic E-state index is -0.500. The van der Waals surface area contributed by atoms with Crippen LogP contribution in [0.15, 0.2) is 41.1 Å². The van der Waals surface area contributed by atoms with Crippen LogP contribution in [0.4, 0.5) is 5.69 Å². The van der Waals surface area contributed by atoms with E-state index in [1.807, 2.05) is 12.3 Å². The topological polar surface area (TPSA) is 94.2 Å². The van der Waals surface area contributed by atoms with Gasteiger partial charge in [-0.3, -0.25) is 9.48 Å². The van der Waals surface area contributed by atoms with Crippen LogP contribution in [-0.4, -0.2) is 26.4 Å². The van der Waals surface area contributed by atoms with Gasteiger partial charge in [0.1, 0.15) is 5.65 Å². The second kappa shape index (κ2) is 7.44. The summed E-state index contributed by atoms with van der Waals surface area (Å²) in [6.45, 7) is 4.41. The van der Waals surface area contributed by atoms with E-state index in [2.05, 4.69) is 32.8 Å². The monoisotopic (exact) mass is 418 g/mol. The van der Waals surface area contributed by atoms with Crippen LogP contribution in [0, 0.1) is 4.91 Å². The van der Waals surface area contributed by atoms with Crippen LogP contribution in [0.1, 0.15) is 49.1 Å². The summed E-state index contributed by atoms with van der Waals surface area (Å²) >= 11 is 0. The summed E-state index contributed by atoms with van der Waals surface area (Å²) in [4.78, 5) is 28.7. The average Bonchev–Trinajstić information content (AvgIpc) is 3.51. The normalized spacial score (nSPS) is 17.1. The van der Waals surface area contributed by atoms with Gasteiger partial charge >= 0.3 is 0 Å². The molecule has 0 bridgehead atoms. The number of aromatic nitrogens is 4. The Morgan fingerprint density at radius 3 is 2.84 bits per heavy atom. The summed E-state index contributed by atoms with van der Waals surface area (Å²) in [5.74, 6) is 0. The highest BCUT2D eigenvalue weighted by Crippen LogP contribution is 2.44. The van der Waals surface area contributed by atoms with Crippen LogP contribution in [0.3, 0.4) is 0 Å². The molecule has 8 nitrogen and oxygen atoms in total. The first-order valence-electron chi connectivity index (χ1n) is 10.9. The van der Waals surface area contributed by atoms with Gasteiger partial charge in [0, 0.05) is 24.3 Å². The summed E-state index contributed by atoms with van der Waals surface area (Å²) < 4.78 is 4.16.